The van der Waals surface area contributed by atoms with Crippen molar-refractivity contribution in [1.82, 2.24) is 10.3 Å². The van der Waals surface area contributed by atoms with E-state index in [0.717, 1.165) is 18.5 Å². The molecule has 1 aliphatic rings. The van der Waals surface area contributed by atoms with Gasteiger partial charge in [-0.3, -0.25) is 9.78 Å². The van der Waals surface area contributed by atoms with Crippen molar-refractivity contribution in [1.29, 1.82) is 0 Å². The topological polar surface area (TPSA) is 120 Å². The molecule has 0 bridgehead atoms. The van der Waals surface area contributed by atoms with E-state index in [2.05, 4.69) is 14.5 Å². The number of halogens is 1. The maximum absolute atomic E-state index is 12.4. The number of rotatable bonds is 4. The normalized spacial score (nSPS) is 18.6. The summed E-state index contributed by atoms with van der Waals surface area (Å²) in [5, 5.41) is 2.62. The number of hydrogen-bond acceptors (Lipinski definition) is 7. The maximum Gasteiger partial charge on any atom is 0.488 e. The largest absolute Gasteiger partial charge is 0.488 e. The number of carbonyl (C=O) groups excluding carboxylic acids is 1. The van der Waals surface area contributed by atoms with Crippen molar-refractivity contribution in [2.45, 2.75) is 18.9 Å². The van der Waals surface area contributed by atoms with Gasteiger partial charge in [0.15, 0.2) is 5.75 Å². The zero-order valence-electron chi connectivity index (χ0n) is 11.2. The molecule has 1 N–H and O–H groups in total. The molecule has 1 aromatic heterocycles. The molecule has 0 atom stereocenters. The highest BCUT2D eigenvalue weighted by Gasteiger charge is 2.25. The Bertz CT molecular complexity index is 764. The third-order valence-corrected chi connectivity index (χ3v) is 5.17. The van der Waals surface area contributed by atoms with E-state index in [1.807, 2.05) is 0 Å². The van der Waals surface area contributed by atoms with Crippen LogP contribution in [0.3, 0.4) is 0 Å². The molecule has 1 aliphatic heterocycles. The molecular weight excluding hydrogens is 339 g/mol. The average Bonchev–Trinajstić information content (AvgIpc) is 2.39. The molecule has 1 amide bonds. The highest BCUT2D eigenvalue weighted by molar-refractivity contribution is 7.91. The van der Waals surface area contributed by atoms with Crippen molar-refractivity contribution < 1.29 is 29.7 Å². The number of carbonyl (C=O) groups is 1. The van der Waals surface area contributed by atoms with E-state index in [1.165, 1.54) is 0 Å². The van der Waals surface area contributed by atoms with Crippen LogP contribution in [0.2, 0.25) is 0 Å². The Kier molecular flexibility index (Phi) is 4.66. The summed E-state index contributed by atoms with van der Waals surface area (Å²) in [4.78, 5) is 15.6. The number of hydrogen-bond donors (Lipinski definition) is 1. The first-order valence-corrected chi connectivity index (χ1v) is 9.38. The molecule has 22 heavy (non-hydrogen) atoms. The van der Waals surface area contributed by atoms with Crippen molar-refractivity contribution in [2.24, 2.45) is 0 Å². The SMILES string of the molecule is O=C(NC1CCS(=O)(=O)CC1)c1cncc(OS(=O)(=O)F)c1. The number of amides is 1. The van der Waals surface area contributed by atoms with E-state index in [-0.39, 0.29) is 23.1 Å². The summed E-state index contributed by atoms with van der Waals surface area (Å²) in [5.41, 5.74) is -0.0189. The second-order valence-corrected chi connectivity index (χ2v) is 8.04. The van der Waals surface area contributed by atoms with Gasteiger partial charge in [-0.1, -0.05) is 3.89 Å². The lowest BCUT2D eigenvalue weighted by Gasteiger charge is -2.22. The minimum atomic E-state index is -5.20. The molecule has 0 unspecified atom stereocenters. The van der Waals surface area contributed by atoms with Crippen LogP contribution in [0.1, 0.15) is 23.2 Å². The van der Waals surface area contributed by atoms with Gasteiger partial charge < -0.3 is 9.50 Å². The number of pyridine rings is 1. The Morgan fingerprint density at radius 3 is 2.55 bits per heavy atom. The minimum Gasteiger partial charge on any atom is -0.357 e. The Hall–Kier alpha value is -1.75. The van der Waals surface area contributed by atoms with Gasteiger partial charge in [-0.2, -0.15) is 8.42 Å². The Morgan fingerprint density at radius 1 is 1.32 bits per heavy atom. The van der Waals surface area contributed by atoms with E-state index in [1.54, 1.807) is 0 Å². The van der Waals surface area contributed by atoms with E-state index >= 15 is 0 Å². The summed E-state index contributed by atoms with van der Waals surface area (Å²) < 4.78 is 59.8. The lowest BCUT2D eigenvalue weighted by Crippen LogP contribution is -2.40. The monoisotopic (exact) mass is 352 g/mol. The molecule has 0 spiro atoms. The molecular formula is C11H13FN2O6S2. The second-order valence-electron chi connectivity index (χ2n) is 4.79. The molecule has 11 heteroatoms. The first kappa shape index (κ1) is 16.6. The van der Waals surface area contributed by atoms with Gasteiger partial charge in [-0.15, -0.1) is 0 Å². The first-order valence-electron chi connectivity index (χ1n) is 6.25. The maximum atomic E-state index is 12.4. The summed E-state index contributed by atoms with van der Waals surface area (Å²) in [7, 11) is -8.23. The molecule has 122 valence electrons. The van der Waals surface area contributed by atoms with Gasteiger partial charge in [0, 0.05) is 12.2 Å². The predicted octanol–water partition coefficient (Wildman–Crippen LogP) is -0.0183. The fourth-order valence-electron chi connectivity index (χ4n) is 2.01. The van der Waals surface area contributed by atoms with Gasteiger partial charge in [-0.05, 0) is 18.9 Å². The number of nitrogens with one attached hydrogen (secondary N) is 1. The van der Waals surface area contributed by atoms with Gasteiger partial charge >= 0.3 is 10.5 Å². The average molecular weight is 352 g/mol. The molecule has 0 aromatic carbocycles. The number of aromatic nitrogens is 1. The summed E-state index contributed by atoms with van der Waals surface area (Å²) in [6.07, 6.45) is 2.71. The lowest BCUT2D eigenvalue weighted by molar-refractivity contribution is 0.0933. The summed E-state index contributed by atoms with van der Waals surface area (Å²) in [6, 6.07) is 0.726. The summed E-state index contributed by atoms with van der Waals surface area (Å²) >= 11 is 0. The number of nitrogens with zero attached hydrogens (tertiary/aromatic N) is 1. The molecule has 2 rings (SSSR count). The van der Waals surface area contributed by atoms with Gasteiger partial charge in [0.25, 0.3) is 5.91 Å². The van der Waals surface area contributed by atoms with Gasteiger partial charge in [-0.25, -0.2) is 8.42 Å². The molecule has 0 saturated carbocycles. The first-order chi connectivity index (χ1) is 10.1. The predicted molar refractivity (Wildman–Crippen MR) is 74.0 cm³/mol. The smallest absolute Gasteiger partial charge is 0.357 e. The second kappa shape index (κ2) is 6.16. The standard InChI is InChI=1S/C11H13FN2O6S2/c12-22(18,19)20-10-5-8(6-13-7-10)11(15)14-9-1-3-21(16,17)4-2-9/h5-7,9H,1-4H2,(H,14,15). The molecule has 0 aliphatic carbocycles. The van der Waals surface area contributed by atoms with Crippen LogP contribution >= 0.6 is 0 Å². The minimum absolute atomic E-state index is 0.000553. The van der Waals surface area contributed by atoms with Crippen LogP contribution in [0.15, 0.2) is 18.5 Å². The fraction of sp³-hybridized carbons (Fsp3) is 0.455. The van der Waals surface area contributed by atoms with E-state index in [9.17, 15) is 25.5 Å². The summed E-state index contributed by atoms with van der Waals surface area (Å²) in [6.45, 7) is 0. The highest BCUT2D eigenvalue weighted by Crippen LogP contribution is 2.16. The fourth-order valence-corrected chi connectivity index (χ4v) is 3.82. The van der Waals surface area contributed by atoms with Crippen LogP contribution in [0.4, 0.5) is 3.89 Å². The van der Waals surface area contributed by atoms with E-state index < -0.39 is 32.0 Å². The zero-order chi connectivity index (χ0) is 16.4. The molecule has 2 heterocycles. The quantitative estimate of drug-likeness (QED) is 0.756. The Labute approximate surface area is 127 Å². The zero-order valence-corrected chi connectivity index (χ0v) is 12.9. The third kappa shape index (κ3) is 4.91. The van der Waals surface area contributed by atoms with Gasteiger partial charge in [0.2, 0.25) is 0 Å². The number of sulfone groups is 1. The molecule has 0 radical (unpaired) electrons. The lowest BCUT2D eigenvalue weighted by atomic mass is 10.1. The van der Waals surface area contributed by atoms with Crippen LogP contribution in [-0.4, -0.2) is 45.3 Å². The van der Waals surface area contributed by atoms with E-state index in [0.29, 0.717) is 12.8 Å². The van der Waals surface area contributed by atoms with Crippen molar-refractivity contribution in [2.75, 3.05) is 11.5 Å². The molecule has 1 fully saturated rings. The van der Waals surface area contributed by atoms with Crippen LogP contribution in [0, 0.1) is 0 Å². The molecule has 1 aromatic rings. The van der Waals surface area contributed by atoms with E-state index in [4.69, 9.17) is 0 Å². The van der Waals surface area contributed by atoms with Crippen LogP contribution in [-0.2, 0) is 20.3 Å². The van der Waals surface area contributed by atoms with Gasteiger partial charge in [0.1, 0.15) is 9.84 Å². The van der Waals surface area contributed by atoms with Gasteiger partial charge in [0.05, 0.1) is 23.3 Å². The molecule has 8 nitrogen and oxygen atoms in total. The molecule has 1 saturated heterocycles. The van der Waals surface area contributed by atoms with Crippen LogP contribution in [0.5, 0.6) is 5.75 Å². The van der Waals surface area contributed by atoms with Crippen LogP contribution < -0.4 is 9.50 Å². The third-order valence-electron chi connectivity index (χ3n) is 3.06. The van der Waals surface area contributed by atoms with Crippen molar-refractivity contribution >= 4 is 26.2 Å². The Balaban J connectivity index is 2.03. The van der Waals surface area contributed by atoms with Crippen molar-refractivity contribution in [3.63, 3.8) is 0 Å². The highest BCUT2D eigenvalue weighted by atomic mass is 32.3. The van der Waals surface area contributed by atoms with Crippen molar-refractivity contribution in [3.05, 3.63) is 24.0 Å². The van der Waals surface area contributed by atoms with Crippen LogP contribution in [0.25, 0.3) is 0 Å². The Morgan fingerprint density at radius 2 is 1.95 bits per heavy atom. The van der Waals surface area contributed by atoms with Crippen molar-refractivity contribution in [3.8, 4) is 5.75 Å². The summed E-state index contributed by atoms with van der Waals surface area (Å²) in [5.74, 6) is -1.00.